The van der Waals surface area contributed by atoms with Gasteiger partial charge in [0.05, 0.1) is 12.1 Å². The molecule has 1 aromatic carbocycles. The second kappa shape index (κ2) is 6.11. The number of halogens is 1. The molecule has 0 aliphatic rings. The van der Waals surface area contributed by atoms with E-state index >= 15 is 0 Å². The van der Waals surface area contributed by atoms with E-state index in [1.165, 1.54) is 0 Å². The third-order valence-corrected chi connectivity index (χ3v) is 2.79. The van der Waals surface area contributed by atoms with Crippen LogP contribution in [0.2, 0.25) is 5.02 Å². The summed E-state index contributed by atoms with van der Waals surface area (Å²) in [5, 5.41) is 0.711. The van der Waals surface area contributed by atoms with Crippen molar-refractivity contribution in [1.82, 2.24) is 0 Å². The molecule has 0 fully saturated rings. The van der Waals surface area contributed by atoms with Crippen LogP contribution in [0.3, 0.4) is 0 Å². The first-order valence-electron chi connectivity index (χ1n) is 5.32. The lowest BCUT2D eigenvalue weighted by Crippen LogP contribution is -2.28. The first-order chi connectivity index (χ1) is 7.20. The molecule has 0 spiro atoms. The van der Waals surface area contributed by atoms with Crippen LogP contribution in [0.15, 0.2) is 24.3 Å². The molecule has 0 saturated carbocycles. The van der Waals surface area contributed by atoms with E-state index in [4.69, 9.17) is 22.1 Å². The summed E-state index contributed by atoms with van der Waals surface area (Å²) in [6, 6.07) is 7.51. The maximum Gasteiger partial charge on any atom is 0.0765 e. The predicted molar refractivity (Wildman–Crippen MR) is 64.1 cm³/mol. The molecule has 0 aromatic heterocycles. The fraction of sp³-hybridized carbons (Fsp3) is 0.500. The molecule has 0 amide bonds. The van der Waals surface area contributed by atoms with Gasteiger partial charge >= 0.3 is 0 Å². The Hall–Kier alpha value is -0.570. The monoisotopic (exact) mass is 227 g/mol. The molecule has 84 valence electrons. The van der Waals surface area contributed by atoms with Crippen molar-refractivity contribution in [3.8, 4) is 0 Å². The normalized spacial score (nSPS) is 14.9. The Morgan fingerprint density at radius 3 is 2.53 bits per heavy atom. The summed E-state index contributed by atoms with van der Waals surface area (Å²) in [4.78, 5) is 0. The Kier molecular flexibility index (Phi) is 5.09. The van der Waals surface area contributed by atoms with E-state index in [-0.39, 0.29) is 12.1 Å². The molecular formula is C12H18ClNO. The van der Waals surface area contributed by atoms with Gasteiger partial charge in [-0.3, -0.25) is 0 Å². The number of nitrogens with two attached hydrogens (primary N) is 1. The zero-order chi connectivity index (χ0) is 11.3. The van der Waals surface area contributed by atoms with E-state index in [0.29, 0.717) is 11.6 Å². The lowest BCUT2D eigenvalue weighted by atomic mass is 10.0. The summed E-state index contributed by atoms with van der Waals surface area (Å²) in [6.07, 6.45) is 0.926. The summed E-state index contributed by atoms with van der Waals surface area (Å²) >= 11 is 6.08. The van der Waals surface area contributed by atoms with Crippen molar-refractivity contribution in [2.45, 2.75) is 32.4 Å². The van der Waals surface area contributed by atoms with E-state index in [1.54, 1.807) is 0 Å². The minimum absolute atomic E-state index is 0.0369. The standard InChI is InChI=1S/C12H18ClNO/c1-3-11(15-4-2)12(14)9-7-5-6-8-10(9)13/h5-8,11-12H,3-4,14H2,1-2H3. The number of ether oxygens (including phenoxy) is 1. The largest absolute Gasteiger partial charge is 0.377 e. The minimum Gasteiger partial charge on any atom is -0.377 e. The van der Waals surface area contributed by atoms with Gasteiger partial charge in [0.1, 0.15) is 0 Å². The molecule has 0 saturated heterocycles. The van der Waals surface area contributed by atoms with E-state index in [1.807, 2.05) is 31.2 Å². The average molecular weight is 228 g/mol. The third kappa shape index (κ3) is 3.20. The predicted octanol–water partition coefficient (Wildman–Crippen LogP) is 3.15. The number of hydrogen-bond acceptors (Lipinski definition) is 2. The highest BCUT2D eigenvalue weighted by Crippen LogP contribution is 2.25. The zero-order valence-electron chi connectivity index (χ0n) is 9.24. The van der Waals surface area contributed by atoms with Crippen molar-refractivity contribution in [2.24, 2.45) is 5.73 Å². The molecule has 0 bridgehead atoms. The molecule has 0 heterocycles. The van der Waals surface area contributed by atoms with Gasteiger partial charge in [0, 0.05) is 11.6 Å². The van der Waals surface area contributed by atoms with Gasteiger partial charge in [0.15, 0.2) is 0 Å². The highest BCUT2D eigenvalue weighted by molar-refractivity contribution is 6.31. The summed E-state index contributed by atoms with van der Waals surface area (Å²) in [5.74, 6) is 0. The van der Waals surface area contributed by atoms with Crippen LogP contribution < -0.4 is 5.73 Å². The van der Waals surface area contributed by atoms with Crippen LogP contribution in [0.5, 0.6) is 0 Å². The smallest absolute Gasteiger partial charge is 0.0765 e. The lowest BCUT2D eigenvalue weighted by molar-refractivity contribution is 0.0414. The first kappa shape index (κ1) is 12.5. The molecule has 2 nitrogen and oxygen atoms in total. The topological polar surface area (TPSA) is 35.2 Å². The third-order valence-electron chi connectivity index (χ3n) is 2.45. The maximum atomic E-state index is 6.13. The van der Waals surface area contributed by atoms with Gasteiger partial charge in [0.25, 0.3) is 0 Å². The molecule has 2 unspecified atom stereocenters. The summed E-state index contributed by atoms with van der Waals surface area (Å²) in [6.45, 7) is 4.72. The molecule has 1 rings (SSSR count). The molecule has 1 aromatic rings. The van der Waals surface area contributed by atoms with Crippen molar-refractivity contribution in [2.75, 3.05) is 6.61 Å². The Balaban J connectivity index is 2.82. The van der Waals surface area contributed by atoms with Gasteiger partial charge in [0.2, 0.25) is 0 Å². The van der Waals surface area contributed by atoms with E-state index in [2.05, 4.69) is 6.92 Å². The fourth-order valence-corrected chi connectivity index (χ4v) is 1.90. The van der Waals surface area contributed by atoms with Crippen LogP contribution in [0.4, 0.5) is 0 Å². The summed E-state index contributed by atoms with van der Waals surface area (Å²) < 4.78 is 5.58. The Morgan fingerprint density at radius 1 is 1.33 bits per heavy atom. The highest BCUT2D eigenvalue weighted by Gasteiger charge is 2.19. The van der Waals surface area contributed by atoms with Crippen LogP contribution in [-0.4, -0.2) is 12.7 Å². The molecule has 0 aliphatic carbocycles. The molecular weight excluding hydrogens is 210 g/mol. The van der Waals surface area contributed by atoms with Gasteiger partial charge in [-0.25, -0.2) is 0 Å². The van der Waals surface area contributed by atoms with Crippen molar-refractivity contribution in [3.05, 3.63) is 34.9 Å². The van der Waals surface area contributed by atoms with Crippen LogP contribution >= 0.6 is 11.6 Å². The van der Waals surface area contributed by atoms with Crippen LogP contribution in [0, 0.1) is 0 Å². The van der Waals surface area contributed by atoms with Gasteiger partial charge in [-0.2, -0.15) is 0 Å². The van der Waals surface area contributed by atoms with Gasteiger partial charge < -0.3 is 10.5 Å². The Bertz CT molecular complexity index is 303. The van der Waals surface area contributed by atoms with Crippen molar-refractivity contribution in [1.29, 1.82) is 0 Å². The first-order valence-corrected chi connectivity index (χ1v) is 5.70. The molecule has 0 radical (unpaired) electrons. The Labute approximate surface area is 96.4 Å². The van der Waals surface area contributed by atoms with Crippen molar-refractivity contribution in [3.63, 3.8) is 0 Å². The number of rotatable bonds is 5. The average Bonchev–Trinajstić information content (AvgIpc) is 2.25. The van der Waals surface area contributed by atoms with Gasteiger partial charge in [-0.1, -0.05) is 36.7 Å². The minimum atomic E-state index is -0.149. The summed E-state index contributed by atoms with van der Waals surface area (Å²) in [7, 11) is 0. The van der Waals surface area contributed by atoms with Gasteiger partial charge in [-0.15, -0.1) is 0 Å². The number of hydrogen-bond donors (Lipinski definition) is 1. The van der Waals surface area contributed by atoms with E-state index in [0.717, 1.165) is 12.0 Å². The molecule has 2 atom stereocenters. The second-order valence-corrected chi connectivity index (χ2v) is 3.86. The van der Waals surface area contributed by atoms with Crippen molar-refractivity contribution >= 4 is 11.6 Å². The fourth-order valence-electron chi connectivity index (χ4n) is 1.64. The second-order valence-electron chi connectivity index (χ2n) is 3.45. The molecule has 2 N–H and O–H groups in total. The van der Waals surface area contributed by atoms with Crippen LogP contribution in [0.25, 0.3) is 0 Å². The van der Waals surface area contributed by atoms with Crippen LogP contribution in [0.1, 0.15) is 31.9 Å². The molecule has 0 aliphatic heterocycles. The summed E-state index contributed by atoms with van der Waals surface area (Å²) in [5.41, 5.74) is 7.09. The van der Waals surface area contributed by atoms with E-state index in [9.17, 15) is 0 Å². The van der Waals surface area contributed by atoms with Gasteiger partial charge in [-0.05, 0) is 25.0 Å². The zero-order valence-corrected chi connectivity index (χ0v) is 10.00. The highest BCUT2D eigenvalue weighted by atomic mass is 35.5. The van der Waals surface area contributed by atoms with E-state index < -0.39 is 0 Å². The lowest BCUT2D eigenvalue weighted by Gasteiger charge is -2.23. The SMILES string of the molecule is CCOC(CC)C(N)c1ccccc1Cl. The van der Waals surface area contributed by atoms with Crippen LogP contribution in [-0.2, 0) is 4.74 Å². The maximum absolute atomic E-state index is 6.13. The quantitative estimate of drug-likeness (QED) is 0.839. The molecule has 15 heavy (non-hydrogen) atoms. The number of benzene rings is 1. The molecule has 3 heteroatoms. The van der Waals surface area contributed by atoms with Crippen molar-refractivity contribution < 1.29 is 4.74 Å². The Morgan fingerprint density at radius 2 is 2.00 bits per heavy atom.